The molecule has 1 saturated carbocycles. The molecule has 1 fully saturated rings. The smallest absolute Gasteiger partial charge is 0.166 e. The molecule has 0 amide bonds. The van der Waals surface area contributed by atoms with E-state index in [4.69, 9.17) is 0 Å². The van der Waals surface area contributed by atoms with Crippen molar-refractivity contribution in [3.05, 3.63) is 0 Å². The second-order valence-corrected chi connectivity index (χ2v) is 4.77. The van der Waals surface area contributed by atoms with Gasteiger partial charge >= 0.3 is 0 Å². The van der Waals surface area contributed by atoms with Gasteiger partial charge in [-0.1, -0.05) is 20.8 Å². The normalized spacial score (nSPS) is 32.2. The summed E-state index contributed by atoms with van der Waals surface area (Å²) in [7, 11) is 0. The number of carbonyl (C=O) groups is 1. The van der Waals surface area contributed by atoms with Gasteiger partial charge < -0.3 is 0 Å². The van der Waals surface area contributed by atoms with Crippen LogP contribution in [0.1, 0.15) is 40.0 Å². The van der Waals surface area contributed by atoms with E-state index in [1.54, 1.807) is 0 Å². The maximum atomic E-state index is 13.0. The largest absolute Gasteiger partial charge is 0.296 e. The van der Waals surface area contributed by atoms with Crippen LogP contribution in [0.4, 0.5) is 4.39 Å². The Labute approximate surface area is 73.3 Å². The van der Waals surface area contributed by atoms with E-state index < -0.39 is 6.17 Å². The minimum Gasteiger partial charge on any atom is -0.296 e. The predicted molar refractivity (Wildman–Crippen MR) is 46.7 cm³/mol. The van der Waals surface area contributed by atoms with Crippen LogP contribution in [0.2, 0.25) is 0 Å². The molecule has 0 aliphatic heterocycles. The Morgan fingerprint density at radius 3 is 2.42 bits per heavy atom. The van der Waals surface area contributed by atoms with Crippen molar-refractivity contribution in [1.29, 1.82) is 0 Å². The number of Topliss-reactive ketones (excluding diaryl/α,β-unsaturated/α-hetero) is 1. The zero-order chi connectivity index (χ0) is 9.35. The average molecular weight is 172 g/mol. The zero-order valence-electron chi connectivity index (χ0n) is 8.06. The number of hydrogen-bond acceptors (Lipinski definition) is 1. The summed E-state index contributed by atoms with van der Waals surface area (Å²) in [5, 5.41) is 0. The van der Waals surface area contributed by atoms with Crippen LogP contribution in [0.5, 0.6) is 0 Å². The molecule has 2 atom stereocenters. The summed E-state index contributed by atoms with van der Waals surface area (Å²) < 4.78 is 13.0. The molecule has 0 aromatic carbocycles. The molecule has 12 heavy (non-hydrogen) atoms. The first-order valence-corrected chi connectivity index (χ1v) is 4.58. The molecule has 70 valence electrons. The van der Waals surface area contributed by atoms with Gasteiger partial charge in [-0.05, 0) is 24.2 Å². The maximum Gasteiger partial charge on any atom is 0.166 e. The van der Waals surface area contributed by atoms with Crippen LogP contribution in [0.25, 0.3) is 0 Å². The molecule has 0 N–H and O–H groups in total. The Kier molecular flexibility index (Phi) is 2.55. The summed E-state index contributed by atoms with van der Waals surface area (Å²) >= 11 is 0. The van der Waals surface area contributed by atoms with E-state index in [1.165, 1.54) is 0 Å². The Balaban J connectivity index is 2.57. The summed E-state index contributed by atoms with van der Waals surface area (Å²) in [5.74, 6) is 0.167. The fourth-order valence-corrected chi connectivity index (χ4v) is 1.76. The first-order chi connectivity index (χ1) is 5.41. The lowest BCUT2D eigenvalue weighted by Gasteiger charge is -2.34. The molecular formula is C10H17FO. The highest BCUT2D eigenvalue weighted by Gasteiger charge is 2.34. The fraction of sp³-hybridized carbons (Fsp3) is 0.900. The molecule has 0 spiro atoms. The zero-order valence-corrected chi connectivity index (χ0v) is 8.06. The van der Waals surface area contributed by atoms with Gasteiger partial charge in [-0.3, -0.25) is 4.79 Å². The summed E-state index contributed by atoms with van der Waals surface area (Å²) in [4.78, 5) is 10.9. The number of halogens is 1. The number of alkyl halides is 1. The van der Waals surface area contributed by atoms with Crippen LogP contribution in [0.3, 0.4) is 0 Å². The van der Waals surface area contributed by atoms with Crippen molar-refractivity contribution in [2.75, 3.05) is 0 Å². The van der Waals surface area contributed by atoms with Gasteiger partial charge in [0.1, 0.15) is 0 Å². The minimum absolute atomic E-state index is 0.144. The van der Waals surface area contributed by atoms with Crippen LogP contribution in [-0.2, 0) is 4.79 Å². The SMILES string of the molecule is CC(C)(C)C1CCC(=O)[C@H](F)C1. The van der Waals surface area contributed by atoms with E-state index in [-0.39, 0.29) is 11.2 Å². The molecule has 0 aromatic heterocycles. The fourth-order valence-electron chi connectivity index (χ4n) is 1.76. The lowest BCUT2D eigenvalue weighted by molar-refractivity contribution is -0.127. The predicted octanol–water partition coefficient (Wildman–Crippen LogP) is 2.74. The van der Waals surface area contributed by atoms with Crippen molar-refractivity contribution in [2.24, 2.45) is 11.3 Å². The number of carbonyl (C=O) groups excluding carboxylic acids is 1. The van der Waals surface area contributed by atoms with Crippen molar-refractivity contribution < 1.29 is 9.18 Å². The first kappa shape index (κ1) is 9.69. The van der Waals surface area contributed by atoms with E-state index >= 15 is 0 Å². The molecule has 1 unspecified atom stereocenters. The molecule has 2 heteroatoms. The Bertz CT molecular complexity index is 181. The standard InChI is InChI=1S/C10H17FO/c1-10(2,3)7-4-5-9(12)8(11)6-7/h7-8H,4-6H2,1-3H3/t7?,8-/m1/s1. The van der Waals surface area contributed by atoms with Crippen LogP contribution < -0.4 is 0 Å². The van der Waals surface area contributed by atoms with Gasteiger partial charge in [0, 0.05) is 6.42 Å². The summed E-state index contributed by atoms with van der Waals surface area (Å²) in [6.07, 6.45) is 0.539. The summed E-state index contributed by atoms with van der Waals surface area (Å²) in [5.41, 5.74) is 0.144. The van der Waals surface area contributed by atoms with Gasteiger partial charge in [-0.2, -0.15) is 0 Å². The third-order valence-corrected chi connectivity index (χ3v) is 2.80. The quantitative estimate of drug-likeness (QED) is 0.549. The van der Waals surface area contributed by atoms with Crippen LogP contribution in [0.15, 0.2) is 0 Å². The lowest BCUT2D eigenvalue weighted by atomic mass is 9.71. The molecule has 1 aliphatic carbocycles. The van der Waals surface area contributed by atoms with Gasteiger partial charge in [-0.25, -0.2) is 4.39 Å². The Morgan fingerprint density at radius 1 is 1.42 bits per heavy atom. The summed E-state index contributed by atoms with van der Waals surface area (Å²) in [6, 6.07) is 0. The van der Waals surface area contributed by atoms with E-state index in [0.29, 0.717) is 18.8 Å². The first-order valence-electron chi connectivity index (χ1n) is 4.58. The topological polar surface area (TPSA) is 17.1 Å². The molecule has 1 aliphatic rings. The maximum absolute atomic E-state index is 13.0. The van der Waals surface area contributed by atoms with Gasteiger partial charge in [0.15, 0.2) is 12.0 Å². The molecule has 1 nitrogen and oxygen atoms in total. The molecule has 0 saturated heterocycles. The Morgan fingerprint density at radius 2 is 2.00 bits per heavy atom. The highest BCUT2D eigenvalue weighted by Crippen LogP contribution is 2.37. The minimum atomic E-state index is -1.19. The monoisotopic (exact) mass is 172 g/mol. The highest BCUT2D eigenvalue weighted by atomic mass is 19.1. The van der Waals surface area contributed by atoms with Crippen molar-refractivity contribution in [3.8, 4) is 0 Å². The van der Waals surface area contributed by atoms with Crippen LogP contribution in [-0.4, -0.2) is 12.0 Å². The van der Waals surface area contributed by atoms with Crippen LogP contribution in [0, 0.1) is 11.3 Å². The van der Waals surface area contributed by atoms with Crippen molar-refractivity contribution >= 4 is 5.78 Å². The van der Waals surface area contributed by atoms with E-state index in [0.717, 1.165) is 6.42 Å². The molecule has 0 heterocycles. The molecule has 1 rings (SSSR count). The molecule has 0 aromatic rings. The van der Waals surface area contributed by atoms with Gasteiger partial charge in [-0.15, -0.1) is 0 Å². The van der Waals surface area contributed by atoms with Gasteiger partial charge in [0.2, 0.25) is 0 Å². The third-order valence-electron chi connectivity index (χ3n) is 2.80. The van der Waals surface area contributed by atoms with Crippen LogP contribution >= 0.6 is 0 Å². The van der Waals surface area contributed by atoms with E-state index in [1.807, 2.05) is 0 Å². The van der Waals surface area contributed by atoms with Gasteiger partial charge in [0.05, 0.1) is 0 Å². The molecular weight excluding hydrogens is 155 g/mol. The molecule has 0 bridgehead atoms. The van der Waals surface area contributed by atoms with Crippen molar-refractivity contribution in [2.45, 2.75) is 46.2 Å². The highest BCUT2D eigenvalue weighted by molar-refractivity contribution is 5.83. The number of ketones is 1. The van der Waals surface area contributed by atoms with Gasteiger partial charge in [0.25, 0.3) is 0 Å². The molecule has 0 radical (unpaired) electrons. The third kappa shape index (κ3) is 2.05. The van der Waals surface area contributed by atoms with E-state index in [9.17, 15) is 9.18 Å². The second-order valence-electron chi connectivity index (χ2n) is 4.77. The average Bonchev–Trinajstić information content (AvgIpc) is 1.92. The van der Waals surface area contributed by atoms with Crippen molar-refractivity contribution in [1.82, 2.24) is 0 Å². The van der Waals surface area contributed by atoms with Crippen molar-refractivity contribution in [3.63, 3.8) is 0 Å². The number of rotatable bonds is 0. The summed E-state index contributed by atoms with van der Waals surface area (Å²) in [6.45, 7) is 6.33. The number of hydrogen-bond donors (Lipinski definition) is 0. The Hall–Kier alpha value is -0.400. The van der Waals surface area contributed by atoms with E-state index in [2.05, 4.69) is 20.8 Å². The lowest BCUT2D eigenvalue weighted by Crippen LogP contribution is -2.32. The second kappa shape index (κ2) is 3.15.